The monoisotopic (exact) mass is 139 g/mol. The van der Waals surface area contributed by atoms with Crippen LogP contribution in [0.3, 0.4) is 0 Å². The van der Waals surface area contributed by atoms with Gasteiger partial charge in [0.25, 0.3) is 0 Å². The van der Waals surface area contributed by atoms with E-state index in [4.69, 9.17) is 0 Å². The zero-order valence-corrected chi connectivity index (χ0v) is 5.83. The van der Waals surface area contributed by atoms with Gasteiger partial charge in [-0.1, -0.05) is 18.5 Å². The second-order valence-corrected chi connectivity index (χ2v) is 2.09. The summed E-state index contributed by atoms with van der Waals surface area (Å²) in [6, 6.07) is 0. The van der Waals surface area contributed by atoms with Crippen molar-refractivity contribution in [2.75, 3.05) is 0 Å². The lowest BCUT2D eigenvalue weighted by Crippen LogP contribution is -1.87. The van der Waals surface area contributed by atoms with E-state index in [0.29, 0.717) is 12.0 Å². The lowest BCUT2D eigenvalue weighted by molar-refractivity contribution is 0.111. The number of carbonyl (C=O) groups is 1. The van der Waals surface area contributed by atoms with Gasteiger partial charge >= 0.3 is 0 Å². The average molecular weight is 139 g/mol. The van der Waals surface area contributed by atoms with E-state index in [1.165, 1.54) is 6.26 Å². The van der Waals surface area contributed by atoms with Crippen LogP contribution in [0.1, 0.15) is 29.4 Å². The number of carbonyl (C=O) groups excluding carboxylic acids is 1. The fourth-order valence-corrected chi connectivity index (χ4v) is 0.819. The Hall–Kier alpha value is -1.12. The zero-order chi connectivity index (χ0) is 7.40. The van der Waals surface area contributed by atoms with Crippen molar-refractivity contribution >= 4 is 6.29 Å². The number of nitrogens with zero attached hydrogens (tertiary/aromatic N) is 1. The molecule has 0 spiro atoms. The topological polar surface area (TPSA) is 43.1 Å². The van der Waals surface area contributed by atoms with Crippen LogP contribution in [-0.4, -0.2) is 11.4 Å². The van der Waals surface area contributed by atoms with Crippen LogP contribution in [0.15, 0.2) is 10.8 Å². The molecule has 0 aromatic carbocycles. The molecular formula is C7H9NO2. The minimum atomic E-state index is 0.432. The highest BCUT2D eigenvalue weighted by Crippen LogP contribution is 2.05. The van der Waals surface area contributed by atoms with E-state index in [1.807, 2.05) is 6.92 Å². The van der Waals surface area contributed by atoms with Gasteiger partial charge in [-0.2, -0.15) is 0 Å². The maximum Gasteiger partial charge on any atom is 0.172 e. The smallest absolute Gasteiger partial charge is 0.172 e. The summed E-state index contributed by atoms with van der Waals surface area (Å²) >= 11 is 0. The minimum Gasteiger partial charge on any atom is -0.364 e. The van der Waals surface area contributed by atoms with Crippen LogP contribution >= 0.6 is 0 Å². The third kappa shape index (κ3) is 1.23. The Kier molecular flexibility index (Phi) is 2.20. The van der Waals surface area contributed by atoms with E-state index >= 15 is 0 Å². The summed E-state index contributed by atoms with van der Waals surface area (Å²) in [6.07, 6.45) is 4.10. The SMILES string of the molecule is CCCc1conc1C=O. The van der Waals surface area contributed by atoms with Gasteiger partial charge < -0.3 is 4.52 Å². The van der Waals surface area contributed by atoms with Crippen LogP contribution in [0, 0.1) is 0 Å². The Morgan fingerprint density at radius 3 is 3.20 bits per heavy atom. The van der Waals surface area contributed by atoms with Crippen molar-refractivity contribution in [2.45, 2.75) is 19.8 Å². The van der Waals surface area contributed by atoms with Crippen molar-refractivity contribution in [1.82, 2.24) is 5.16 Å². The molecular weight excluding hydrogens is 130 g/mol. The molecule has 10 heavy (non-hydrogen) atoms. The molecule has 1 heterocycles. The second-order valence-electron chi connectivity index (χ2n) is 2.09. The quantitative estimate of drug-likeness (QED) is 0.595. The van der Waals surface area contributed by atoms with E-state index in [9.17, 15) is 4.79 Å². The maximum absolute atomic E-state index is 10.2. The van der Waals surface area contributed by atoms with Crippen LogP contribution < -0.4 is 0 Å². The number of aromatic nitrogens is 1. The van der Waals surface area contributed by atoms with E-state index in [2.05, 4.69) is 9.68 Å². The molecule has 0 bridgehead atoms. The number of hydrogen-bond acceptors (Lipinski definition) is 3. The fourth-order valence-electron chi connectivity index (χ4n) is 0.819. The Morgan fingerprint density at radius 1 is 1.80 bits per heavy atom. The molecule has 0 fully saturated rings. The molecule has 0 saturated carbocycles. The van der Waals surface area contributed by atoms with Gasteiger partial charge in [0.15, 0.2) is 6.29 Å². The molecule has 0 aliphatic heterocycles. The maximum atomic E-state index is 10.2. The second kappa shape index (κ2) is 3.15. The van der Waals surface area contributed by atoms with Crippen LogP contribution in [0.4, 0.5) is 0 Å². The summed E-state index contributed by atoms with van der Waals surface area (Å²) in [5.74, 6) is 0. The minimum absolute atomic E-state index is 0.432. The molecule has 0 atom stereocenters. The van der Waals surface area contributed by atoms with Gasteiger partial charge in [0.05, 0.1) is 0 Å². The van der Waals surface area contributed by atoms with Gasteiger partial charge in [0.2, 0.25) is 0 Å². The van der Waals surface area contributed by atoms with E-state index < -0.39 is 0 Å². The summed E-state index contributed by atoms with van der Waals surface area (Å²) in [5, 5.41) is 3.51. The fraction of sp³-hybridized carbons (Fsp3) is 0.429. The first kappa shape index (κ1) is 6.99. The van der Waals surface area contributed by atoms with Crippen molar-refractivity contribution in [3.05, 3.63) is 17.5 Å². The molecule has 0 saturated heterocycles. The number of hydrogen-bond donors (Lipinski definition) is 0. The molecule has 1 aromatic heterocycles. The molecule has 54 valence electrons. The third-order valence-electron chi connectivity index (χ3n) is 1.31. The van der Waals surface area contributed by atoms with Crippen molar-refractivity contribution in [1.29, 1.82) is 0 Å². The van der Waals surface area contributed by atoms with Gasteiger partial charge in [-0.05, 0) is 6.42 Å². The van der Waals surface area contributed by atoms with Gasteiger partial charge in [-0.25, -0.2) is 0 Å². The summed E-state index contributed by atoms with van der Waals surface area (Å²) in [7, 11) is 0. The van der Waals surface area contributed by atoms with E-state index in [-0.39, 0.29) is 0 Å². The predicted octanol–water partition coefficient (Wildman–Crippen LogP) is 1.44. The third-order valence-corrected chi connectivity index (χ3v) is 1.31. The molecule has 1 aromatic rings. The van der Waals surface area contributed by atoms with Crippen molar-refractivity contribution in [2.24, 2.45) is 0 Å². The number of rotatable bonds is 3. The van der Waals surface area contributed by atoms with Crippen molar-refractivity contribution in [3.63, 3.8) is 0 Å². The Morgan fingerprint density at radius 2 is 2.60 bits per heavy atom. The Balaban J connectivity index is 2.79. The largest absolute Gasteiger partial charge is 0.364 e. The molecule has 0 unspecified atom stereocenters. The molecule has 1 rings (SSSR count). The zero-order valence-electron chi connectivity index (χ0n) is 5.83. The summed E-state index contributed by atoms with van der Waals surface area (Å²) < 4.78 is 4.61. The lowest BCUT2D eigenvalue weighted by atomic mass is 10.1. The highest BCUT2D eigenvalue weighted by atomic mass is 16.5. The van der Waals surface area contributed by atoms with Crippen LogP contribution in [0.2, 0.25) is 0 Å². The molecule has 0 N–H and O–H groups in total. The average Bonchev–Trinajstić information content (AvgIpc) is 2.36. The first-order valence-electron chi connectivity index (χ1n) is 3.27. The molecule has 0 radical (unpaired) electrons. The normalized spacial score (nSPS) is 9.70. The van der Waals surface area contributed by atoms with Crippen molar-refractivity contribution in [3.8, 4) is 0 Å². The first-order chi connectivity index (χ1) is 4.88. The van der Waals surface area contributed by atoms with Gasteiger partial charge in [0, 0.05) is 5.56 Å². The summed E-state index contributed by atoms with van der Waals surface area (Å²) in [4.78, 5) is 10.2. The molecule has 0 amide bonds. The predicted molar refractivity (Wildman–Crippen MR) is 35.9 cm³/mol. The number of aryl methyl sites for hydroxylation is 1. The molecule has 3 nitrogen and oxygen atoms in total. The highest BCUT2D eigenvalue weighted by Gasteiger charge is 2.03. The standard InChI is InChI=1S/C7H9NO2/c1-2-3-6-5-10-8-7(6)4-9/h4-5H,2-3H2,1H3. The van der Waals surface area contributed by atoms with E-state index in [1.54, 1.807) is 0 Å². The summed E-state index contributed by atoms with van der Waals surface area (Å²) in [6.45, 7) is 2.04. The van der Waals surface area contributed by atoms with Crippen molar-refractivity contribution < 1.29 is 9.32 Å². The Bertz CT molecular complexity index is 217. The van der Waals surface area contributed by atoms with Gasteiger partial charge in [-0.3, -0.25) is 4.79 Å². The summed E-state index contributed by atoms with van der Waals surface area (Å²) in [5.41, 5.74) is 1.33. The highest BCUT2D eigenvalue weighted by molar-refractivity contribution is 5.73. The molecule has 0 aliphatic carbocycles. The first-order valence-corrected chi connectivity index (χ1v) is 3.27. The van der Waals surface area contributed by atoms with Crippen LogP contribution in [0.5, 0.6) is 0 Å². The van der Waals surface area contributed by atoms with Crippen LogP contribution in [0.25, 0.3) is 0 Å². The van der Waals surface area contributed by atoms with E-state index in [0.717, 1.165) is 18.4 Å². The van der Waals surface area contributed by atoms with Gasteiger partial charge in [0.1, 0.15) is 12.0 Å². The number of aldehydes is 1. The van der Waals surface area contributed by atoms with Gasteiger partial charge in [-0.15, -0.1) is 0 Å². The molecule has 0 aliphatic rings. The molecule has 3 heteroatoms. The van der Waals surface area contributed by atoms with Crippen LogP contribution in [-0.2, 0) is 6.42 Å². The lowest BCUT2D eigenvalue weighted by Gasteiger charge is -1.87. The Labute approximate surface area is 59.0 Å².